The second kappa shape index (κ2) is 6.18. The lowest BCUT2D eigenvalue weighted by molar-refractivity contribution is -0.130. The Morgan fingerprint density at radius 2 is 2.12 bits per heavy atom. The van der Waals surface area contributed by atoms with Crippen LogP contribution in [0.1, 0.15) is 24.1 Å². The number of ether oxygens (including phenoxy) is 2. The fourth-order valence-electron chi connectivity index (χ4n) is 3.29. The van der Waals surface area contributed by atoms with E-state index in [9.17, 15) is 14.7 Å². The van der Waals surface area contributed by atoms with Gasteiger partial charge >= 0.3 is 0 Å². The van der Waals surface area contributed by atoms with E-state index in [-0.39, 0.29) is 24.7 Å². The Balaban J connectivity index is 1.77. The van der Waals surface area contributed by atoms with E-state index in [1.165, 1.54) is 11.8 Å². The first-order valence-corrected chi connectivity index (χ1v) is 8.09. The van der Waals surface area contributed by atoms with Crippen LogP contribution < -0.4 is 9.47 Å². The maximum atomic E-state index is 12.6. The van der Waals surface area contributed by atoms with Gasteiger partial charge in [-0.15, -0.1) is 0 Å². The summed E-state index contributed by atoms with van der Waals surface area (Å²) in [6.45, 7) is 1.68. The number of pyridine rings is 1. The number of carbonyl (C=O) groups is 2. The van der Waals surface area contributed by atoms with Crippen molar-refractivity contribution in [3.63, 3.8) is 0 Å². The molecule has 4 rings (SSSR count). The summed E-state index contributed by atoms with van der Waals surface area (Å²) in [7, 11) is 0. The molecule has 0 spiro atoms. The normalized spacial score (nSPS) is 18.6. The highest BCUT2D eigenvalue weighted by Crippen LogP contribution is 2.42. The lowest BCUT2D eigenvalue weighted by atomic mass is 9.96. The molecule has 3 heterocycles. The number of amides is 1. The Morgan fingerprint density at radius 1 is 1.31 bits per heavy atom. The smallest absolute Gasteiger partial charge is 0.290 e. The molecule has 0 saturated heterocycles. The quantitative estimate of drug-likeness (QED) is 0.908. The zero-order valence-electron chi connectivity index (χ0n) is 14.0. The zero-order valence-corrected chi connectivity index (χ0v) is 14.0. The Bertz CT molecular complexity index is 923. The number of aliphatic hydroxyl groups excluding tert-OH is 1. The summed E-state index contributed by atoms with van der Waals surface area (Å²) in [5, 5.41) is 10.3. The van der Waals surface area contributed by atoms with Crippen molar-refractivity contribution in [1.82, 2.24) is 9.88 Å². The molecular weight excluding hydrogens is 336 g/mol. The maximum absolute atomic E-state index is 12.6. The number of carbonyl (C=O) groups excluding carboxylic acids is 2. The predicted molar refractivity (Wildman–Crippen MR) is 90.4 cm³/mol. The van der Waals surface area contributed by atoms with Crippen molar-refractivity contribution in [3.05, 3.63) is 65.2 Å². The molecule has 2 aliphatic rings. The van der Waals surface area contributed by atoms with Crippen LogP contribution in [-0.4, -0.2) is 33.5 Å². The minimum Gasteiger partial charge on any atom is -0.503 e. The van der Waals surface area contributed by atoms with Gasteiger partial charge in [0.25, 0.3) is 5.91 Å². The summed E-state index contributed by atoms with van der Waals surface area (Å²) in [6, 6.07) is 8.14. The van der Waals surface area contributed by atoms with Gasteiger partial charge in [-0.1, -0.05) is 12.1 Å². The van der Waals surface area contributed by atoms with Crippen molar-refractivity contribution in [1.29, 1.82) is 0 Å². The van der Waals surface area contributed by atoms with Gasteiger partial charge in [-0.2, -0.15) is 0 Å². The molecule has 7 heteroatoms. The molecule has 0 aliphatic carbocycles. The third-order valence-corrected chi connectivity index (χ3v) is 4.47. The van der Waals surface area contributed by atoms with Crippen LogP contribution in [0.4, 0.5) is 0 Å². The summed E-state index contributed by atoms with van der Waals surface area (Å²) < 4.78 is 10.7. The van der Waals surface area contributed by atoms with Crippen LogP contribution in [0.15, 0.2) is 54.1 Å². The van der Waals surface area contributed by atoms with Gasteiger partial charge in [0, 0.05) is 18.9 Å². The largest absolute Gasteiger partial charge is 0.503 e. The van der Waals surface area contributed by atoms with Crippen LogP contribution in [0, 0.1) is 0 Å². The molecule has 1 unspecified atom stereocenters. The predicted octanol–water partition coefficient (Wildman–Crippen LogP) is 2.29. The third-order valence-electron chi connectivity index (χ3n) is 4.47. The van der Waals surface area contributed by atoms with Crippen molar-refractivity contribution < 1.29 is 24.2 Å². The second-order valence-electron chi connectivity index (χ2n) is 6.13. The molecule has 0 radical (unpaired) electrons. The molecule has 1 N–H and O–H groups in total. The Morgan fingerprint density at radius 3 is 2.85 bits per heavy atom. The van der Waals surface area contributed by atoms with E-state index < -0.39 is 17.7 Å². The van der Waals surface area contributed by atoms with E-state index in [0.717, 1.165) is 5.56 Å². The monoisotopic (exact) mass is 352 g/mol. The number of ketones is 1. The van der Waals surface area contributed by atoms with Crippen molar-refractivity contribution >= 4 is 11.7 Å². The molecule has 0 saturated carbocycles. The summed E-state index contributed by atoms with van der Waals surface area (Å²) in [4.78, 5) is 30.3. The molecule has 1 atom stereocenters. The van der Waals surface area contributed by atoms with Gasteiger partial charge in [-0.25, -0.2) is 0 Å². The van der Waals surface area contributed by atoms with Crippen LogP contribution >= 0.6 is 0 Å². The number of nitrogens with zero attached hydrogens (tertiary/aromatic N) is 2. The van der Waals surface area contributed by atoms with Crippen LogP contribution in [0.5, 0.6) is 11.5 Å². The summed E-state index contributed by atoms with van der Waals surface area (Å²) in [5.74, 6) is -0.294. The summed E-state index contributed by atoms with van der Waals surface area (Å²) in [6.07, 6.45) is 3.29. The highest BCUT2D eigenvalue weighted by atomic mass is 16.7. The molecule has 0 fully saturated rings. The molecule has 1 amide bonds. The van der Waals surface area contributed by atoms with Gasteiger partial charge in [0.15, 0.2) is 23.0 Å². The van der Waals surface area contributed by atoms with E-state index >= 15 is 0 Å². The standard InChI is InChI=1S/C19H16N2O5/c1-11(22)16-17(13-4-5-14-15(7-13)26-10-25-14)21(19(24)18(16)23)9-12-3-2-6-20-8-12/h2-8,17,23H,9-10H2,1H3. The van der Waals surface area contributed by atoms with Crippen molar-refractivity contribution in [3.8, 4) is 11.5 Å². The minimum atomic E-state index is -0.699. The molecule has 26 heavy (non-hydrogen) atoms. The van der Waals surface area contributed by atoms with E-state index in [0.29, 0.717) is 17.1 Å². The van der Waals surface area contributed by atoms with Gasteiger partial charge in [0.1, 0.15) is 0 Å². The molecule has 1 aromatic heterocycles. The number of aromatic nitrogens is 1. The molecule has 0 bridgehead atoms. The first-order valence-electron chi connectivity index (χ1n) is 8.09. The Hall–Kier alpha value is -3.35. The van der Waals surface area contributed by atoms with Crippen LogP contribution in [0.25, 0.3) is 0 Å². The van der Waals surface area contributed by atoms with Gasteiger partial charge < -0.3 is 19.5 Å². The van der Waals surface area contributed by atoms with Crippen molar-refractivity contribution in [2.75, 3.05) is 6.79 Å². The van der Waals surface area contributed by atoms with Gasteiger partial charge in [0.2, 0.25) is 6.79 Å². The van der Waals surface area contributed by atoms with Gasteiger partial charge in [-0.3, -0.25) is 14.6 Å². The number of hydrogen-bond donors (Lipinski definition) is 1. The van der Waals surface area contributed by atoms with E-state index in [1.807, 2.05) is 6.07 Å². The highest BCUT2D eigenvalue weighted by molar-refractivity contribution is 6.08. The lowest BCUT2D eigenvalue weighted by Gasteiger charge is -2.26. The summed E-state index contributed by atoms with van der Waals surface area (Å²) >= 11 is 0. The van der Waals surface area contributed by atoms with Gasteiger partial charge in [-0.05, 0) is 36.2 Å². The molecular formula is C19H16N2O5. The Kier molecular flexibility index (Phi) is 3.84. The van der Waals surface area contributed by atoms with E-state index in [2.05, 4.69) is 4.98 Å². The average Bonchev–Trinajstić information content (AvgIpc) is 3.20. The third kappa shape index (κ3) is 2.57. The second-order valence-corrected chi connectivity index (χ2v) is 6.13. The molecule has 132 valence electrons. The van der Waals surface area contributed by atoms with Gasteiger partial charge in [0.05, 0.1) is 11.6 Å². The minimum absolute atomic E-state index is 0.0813. The van der Waals surface area contributed by atoms with Crippen molar-refractivity contribution in [2.45, 2.75) is 19.5 Å². The highest BCUT2D eigenvalue weighted by Gasteiger charge is 2.42. The number of aliphatic hydroxyl groups is 1. The Labute approximate surface area is 149 Å². The average molecular weight is 352 g/mol. The SMILES string of the molecule is CC(=O)C1=C(O)C(=O)N(Cc2cccnc2)C1c1ccc2c(c1)OCO2. The van der Waals surface area contributed by atoms with Crippen LogP contribution in [0.3, 0.4) is 0 Å². The number of hydrogen-bond acceptors (Lipinski definition) is 6. The number of fused-ring (bicyclic) bond motifs is 1. The zero-order chi connectivity index (χ0) is 18.3. The van der Waals surface area contributed by atoms with E-state index in [4.69, 9.17) is 9.47 Å². The topological polar surface area (TPSA) is 89.0 Å². The first kappa shape index (κ1) is 16.1. The van der Waals surface area contributed by atoms with Crippen molar-refractivity contribution in [2.24, 2.45) is 0 Å². The molecule has 2 aromatic rings. The van der Waals surface area contributed by atoms with E-state index in [1.54, 1.807) is 36.7 Å². The fraction of sp³-hybridized carbons (Fsp3) is 0.211. The molecule has 1 aromatic carbocycles. The number of Topliss-reactive ketones (excluding diaryl/α,β-unsaturated/α-hetero) is 1. The molecule has 2 aliphatic heterocycles. The lowest BCUT2D eigenvalue weighted by Crippen LogP contribution is -2.30. The fourth-order valence-corrected chi connectivity index (χ4v) is 3.29. The summed E-state index contributed by atoms with van der Waals surface area (Å²) in [5.41, 5.74) is 1.54. The number of benzene rings is 1. The first-order chi connectivity index (χ1) is 12.6. The van der Waals surface area contributed by atoms with Crippen LogP contribution in [-0.2, 0) is 16.1 Å². The molecule has 7 nitrogen and oxygen atoms in total. The maximum Gasteiger partial charge on any atom is 0.290 e. The van der Waals surface area contributed by atoms with Crippen LogP contribution in [0.2, 0.25) is 0 Å². The number of rotatable bonds is 4.